The van der Waals surface area contributed by atoms with Crippen molar-refractivity contribution in [3.63, 3.8) is 0 Å². The summed E-state index contributed by atoms with van der Waals surface area (Å²) in [6.45, 7) is 3.72. The molecule has 0 saturated heterocycles. The van der Waals surface area contributed by atoms with Crippen LogP contribution in [0.4, 0.5) is 13.2 Å². The fraction of sp³-hybridized carbons (Fsp3) is 0.800. The van der Waals surface area contributed by atoms with Crippen LogP contribution in [0.2, 0.25) is 0 Å². The summed E-state index contributed by atoms with van der Waals surface area (Å²) in [5.41, 5.74) is 0. The van der Waals surface area contributed by atoms with E-state index in [2.05, 4.69) is 20.2 Å². The zero-order valence-electron chi connectivity index (χ0n) is 10.3. The van der Waals surface area contributed by atoms with Crippen molar-refractivity contribution >= 4 is 0 Å². The second-order valence-electron chi connectivity index (χ2n) is 3.87. The van der Waals surface area contributed by atoms with Crippen LogP contribution in [0, 0.1) is 0 Å². The van der Waals surface area contributed by atoms with E-state index in [0.29, 0.717) is 12.4 Å². The lowest BCUT2D eigenvalue weighted by molar-refractivity contribution is -0.177. The lowest BCUT2D eigenvalue weighted by atomic mass is 10.2. The number of likely N-dealkylation sites (N-methyl/N-ethyl adjacent to an activating group) is 1. The molecule has 0 aromatic carbocycles. The molecule has 0 fully saturated rings. The van der Waals surface area contributed by atoms with Crippen LogP contribution >= 0.6 is 0 Å². The summed E-state index contributed by atoms with van der Waals surface area (Å²) in [5, 5.41) is 6.67. The number of nitrogens with zero attached hydrogens (tertiary/aromatic N) is 2. The highest BCUT2D eigenvalue weighted by Gasteiger charge is 2.27. The van der Waals surface area contributed by atoms with Crippen LogP contribution in [0.25, 0.3) is 0 Å². The van der Waals surface area contributed by atoms with E-state index in [1.54, 1.807) is 0 Å². The number of hydrogen-bond donors (Lipinski definition) is 1. The number of aromatic nitrogens is 2. The van der Waals surface area contributed by atoms with Gasteiger partial charge in [-0.15, -0.1) is 0 Å². The predicted molar refractivity (Wildman–Crippen MR) is 57.0 cm³/mol. The molecule has 1 heterocycles. The summed E-state index contributed by atoms with van der Waals surface area (Å²) in [4.78, 5) is 3.97. The maximum Gasteiger partial charge on any atom is 0.411 e. The molecule has 0 aliphatic rings. The molecule has 0 bridgehead atoms. The lowest BCUT2D eigenvalue weighted by Gasteiger charge is -2.06. The molecule has 1 rings (SSSR count). The Morgan fingerprint density at radius 1 is 1.44 bits per heavy atom. The van der Waals surface area contributed by atoms with Gasteiger partial charge in [0.05, 0.1) is 0 Å². The van der Waals surface area contributed by atoms with Gasteiger partial charge in [-0.1, -0.05) is 19.0 Å². The van der Waals surface area contributed by atoms with Crippen molar-refractivity contribution in [2.75, 3.05) is 19.7 Å². The largest absolute Gasteiger partial charge is 0.411 e. The number of ether oxygens (including phenoxy) is 1. The van der Waals surface area contributed by atoms with E-state index in [4.69, 9.17) is 4.52 Å². The molecular formula is C10H16F3N3O2. The van der Waals surface area contributed by atoms with Gasteiger partial charge in [0.25, 0.3) is 0 Å². The summed E-state index contributed by atoms with van der Waals surface area (Å²) in [7, 11) is 0. The Balaban J connectivity index is 2.38. The average Bonchev–Trinajstić information content (AvgIpc) is 2.73. The van der Waals surface area contributed by atoms with Gasteiger partial charge in [0, 0.05) is 12.5 Å². The van der Waals surface area contributed by atoms with E-state index in [1.165, 1.54) is 0 Å². The van der Waals surface area contributed by atoms with Crippen LogP contribution in [0.5, 0.6) is 0 Å². The van der Waals surface area contributed by atoms with Gasteiger partial charge < -0.3 is 14.6 Å². The molecule has 0 radical (unpaired) electrons. The van der Waals surface area contributed by atoms with E-state index in [1.807, 2.05) is 13.8 Å². The minimum Gasteiger partial charge on any atom is -0.364 e. The smallest absolute Gasteiger partial charge is 0.364 e. The molecule has 104 valence electrons. The van der Waals surface area contributed by atoms with Crippen LogP contribution in [0.15, 0.2) is 4.52 Å². The second kappa shape index (κ2) is 6.69. The van der Waals surface area contributed by atoms with Gasteiger partial charge in [-0.25, -0.2) is 0 Å². The highest BCUT2D eigenvalue weighted by Crippen LogP contribution is 2.16. The topological polar surface area (TPSA) is 60.2 Å². The maximum atomic E-state index is 11.8. The van der Waals surface area contributed by atoms with E-state index in [9.17, 15) is 13.2 Å². The van der Waals surface area contributed by atoms with Crippen LogP contribution in [-0.4, -0.2) is 36.0 Å². The van der Waals surface area contributed by atoms with Crippen molar-refractivity contribution in [3.8, 4) is 0 Å². The summed E-state index contributed by atoms with van der Waals surface area (Å²) in [6, 6.07) is 0. The zero-order valence-corrected chi connectivity index (χ0v) is 10.3. The molecule has 0 saturated carbocycles. The Hall–Kier alpha value is -1.15. The summed E-state index contributed by atoms with van der Waals surface area (Å²) in [6.07, 6.45) is -4.34. The van der Waals surface area contributed by atoms with E-state index in [-0.39, 0.29) is 18.3 Å². The van der Waals surface area contributed by atoms with Gasteiger partial charge in [-0.2, -0.15) is 18.2 Å². The molecule has 0 amide bonds. The molecule has 1 atom stereocenters. The SMILES string of the molecule is CCNCC(C)c1nc(COCC(F)(F)F)no1. The Morgan fingerprint density at radius 3 is 2.78 bits per heavy atom. The molecule has 1 N–H and O–H groups in total. The van der Waals surface area contributed by atoms with Gasteiger partial charge in [0.15, 0.2) is 5.82 Å². The molecule has 0 aliphatic carbocycles. The van der Waals surface area contributed by atoms with E-state index >= 15 is 0 Å². The first-order chi connectivity index (χ1) is 8.42. The molecule has 1 aromatic heterocycles. The quantitative estimate of drug-likeness (QED) is 0.817. The normalized spacial score (nSPS) is 13.8. The van der Waals surface area contributed by atoms with E-state index in [0.717, 1.165) is 6.54 Å². The third-order valence-electron chi connectivity index (χ3n) is 2.10. The fourth-order valence-corrected chi connectivity index (χ4v) is 1.23. The first-order valence-electron chi connectivity index (χ1n) is 5.60. The fourth-order valence-electron chi connectivity index (χ4n) is 1.23. The van der Waals surface area contributed by atoms with Gasteiger partial charge in [0.2, 0.25) is 5.89 Å². The van der Waals surface area contributed by atoms with E-state index < -0.39 is 12.8 Å². The molecule has 1 unspecified atom stereocenters. The Kier molecular flexibility index (Phi) is 5.54. The van der Waals surface area contributed by atoms with Gasteiger partial charge in [-0.05, 0) is 6.54 Å². The number of halogens is 3. The predicted octanol–water partition coefficient (Wildman–Crippen LogP) is 1.86. The van der Waals surface area contributed by atoms with Gasteiger partial charge in [0.1, 0.15) is 13.2 Å². The van der Waals surface area contributed by atoms with Crippen molar-refractivity contribution in [1.29, 1.82) is 0 Å². The molecule has 18 heavy (non-hydrogen) atoms. The van der Waals surface area contributed by atoms with Crippen LogP contribution < -0.4 is 5.32 Å². The third-order valence-corrected chi connectivity index (χ3v) is 2.10. The van der Waals surface area contributed by atoms with Crippen LogP contribution in [-0.2, 0) is 11.3 Å². The number of alkyl halides is 3. The lowest BCUT2D eigenvalue weighted by Crippen LogP contribution is -2.19. The zero-order chi connectivity index (χ0) is 13.6. The minimum atomic E-state index is -4.34. The first-order valence-corrected chi connectivity index (χ1v) is 5.60. The standard InChI is InChI=1S/C10H16F3N3O2/c1-3-14-4-7(2)9-15-8(16-18-9)5-17-6-10(11,12)13/h7,14H,3-6H2,1-2H3. The molecule has 1 aromatic rings. The number of rotatable bonds is 7. The second-order valence-corrected chi connectivity index (χ2v) is 3.87. The highest BCUT2D eigenvalue weighted by atomic mass is 19.4. The van der Waals surface area contributed by atoms with Crippen LogP contribution in [0.1, 0.15) is 31.5 Å². The Morgan fingerprint density at radius 2 is 2.17 bits per heavy atom. The van der Waals surface area contributed by atoms with Crippen molar-refractivity contribution in [2.24, 2.45) is 0 Å². The molecule has 0 aliphatic heterocycles. The molecule has 8 heteroatoms. The molecule has 5 nitrogen and oxygen atoms in total. The van der Waals surface area contributed by atoms with Gasteiger partial charge in [-0.3, -0.25) is 0 Å². The number of nitrogens with one attached hydrogen (secondary N) is 1. The summed E-state index contributed by atoms with van der Waals surface area (Å²) in [5.74, 6) is 0.521. The van der Waals surface area contributed by atoms with Crippen molar-refractivity contribution < 1.29 is 22.4 Å². The highest BCUT2D eigenvalue weighted by molar-refractivity contribution is 4.92. The van der Waals surface area contributed by atoms with Crippen molar-refractivity contribution in [1.82, 2.24) is 15.5 Å². The monoisotopic (exact) mass is 267 g/mol. The summed E-state index contributed by atoms with van der Waals surface area (Å²) < 4.78 is 44.9. The molecular weight excluding hydrogens is 251 g/mol. The molecule has 0 spiro atoms. The minimum absolute atomic E-state index is 0.00816. The summed E-state index contributed by atoms with van der Waals surface area (Å²) >= 11 is 0. The average molecular weight is 267 g/mol. The van der Waals surface area contributed by atoms with Crippen LogP contribution in [0.3, 0.4) is 0 Å². The van der Waals surface area contributed by atoms with Crippen molar-refractivity contribution in [2.45, 2.75) is 32.5 Å². The first kappa shape index (κ1) is 14.9. The maximum absolute atomic E-state index is 11.8. The van der Waals surface area contributed by atoms with Gasteiger partial charge >= 0.3 is 6.18 Å². The third kappa shape index (κ3) is 5.46. The Labute approximate surface area is 103 Å². The Bertz CT molecular complexity index is 354. The van der Waals surface area contributed by atoms with Crippen molar-refractivity contribution in [3.05, 3.63) is 11.7 Å². The number of hydrogen-bond acceptors (Lipinski definition) is 5.